The van der Waals surface area contributed by atoms with Crippen molar-refractivity contribution in [3.63, 3.8) is 0 Å². The van der Waals surface area contributed by atoms with Crippen molar-refractivity contribution in [3.05, 3.63) is 5.82 Å². The van der Waals surface area contributed by atoms with Crippen molar-refractivity contribution in [1.82, 2.24) is 9.36 Å². The van der Waals surface area contributed by atoms with Crippen molar-refractivity contribution in [1.29, 1.82) is 0 Å². The largest absolute Gasteiger partial charge is 0.381 e. The maximum absolute atomic E-state index is 11.9. The first-order chi connectivity index (χ1) is 8.16. The molecule has 17 heavy (non-hydrogen) atoms. The number of carbonyl (C=O) groups is 1. The van der Waals surface area contributed by atoms with E-state index >= 15 is 0 Å². The Bertz CT molecular complexity index is 386. The fourth-order valence-corrected chi connectivity index (χ4v) is 2.40. The lowest BCUT2D eigenvalue weighted by molar-refractivity contribution is -0.122. The third-order valence-electron chi connectivity index (χ3n) is 2.78. The van der Waals surface area contributed by atoms with E-state index in [-0.39, 0.29) is 11.8 Å². The van der Waals surface area contributed by atoms with Gasteiger partial charge in [-0.2, -0.15) is 4.37 Å². The van der Waals surface area contributed by atoms with Crippen LogP contribution in [0, 0.1) is 5.92 Å². The van der Waals surface area contributed by atoms with Gasteiger partial charge in [-0.05, 0) is 12.8 Å². The Balaban J connectivity index is 1.92. The summed E-state index contributed by atoms with van der Waals surface area (Å²) in [6, 6.07) is 0. The third kappa shape index (κ3) is 3.23. The van der Waals surface area contributed by atoms with E-state index in [1.165, 1.54) is 11.5 Å². The van der Waals surface area contributed by atoms with Gasteiger partial charge < -0.3 is 10.1 Å². The monoisotopic (exact) mass is 255 g/mol. The zero-order chi connectivity index (χ0) is 12.3. The van der Waals surface area contributed by atoms with Crippen molar-refractivity contribution in [3.8, 4) is 0 Å². The van der Waals surface area contributed by atoms with Gasteiger partial charge in [-0.15, -0.1) is 0 Å². The molecule has 1 amide bonds. The van der Waals surface area contributed by atoms with Crippen LogP contribution < -0.4 is 5.32 Å². The van der Waals surface area contributed by atoms with Crippen molar-refractivity contribution >= 4 is 22.6 Å². The van der Waals surface area contributed by atoms with Gasteiger partial charge in [0.1, 0.15) is 5.82 Å². The van der Waals surface area contributed by atoms with Gasteiger partial charge in [-0.3, -0.25) is 4.79 Å². The molecule has 5 nitrogen and oxygen atoms in total. The summed E-state index contributed by atoms with van der Waals surface area (Å²) in [5, 5.41) is 3.44. The summed E-state index contributed by atoms with van der Waals surface area (Å²) in [4.78, 5) is 16.2. The van der Waals surface area contributed by atoms with Crippen LogP contribution in [0.5, 0.6) is 0 Å². The summed E-state index contributed by atoms with van der Waals surface area (Å²) in [5.74, 6) is 1.17. The Morgan fingerprint density at radius 1 is 1.47 bits per heavy atom. The van der Waals surface area contributed by atoms with Gasteiger partial charge >= 0.3 is 0 Å². The SMILES string of the molecule is CC(C)c1nsc(NC(=O)C2CCOCC2)n1. The first kappa shape index (κ1) is 12.4. The molecule has 2 rings (SSSR count). The topological polar surface area (TPSA) is 64.1 Å². The highest BCUT2D eigenvalue weighted by molar-refractivity contribution is 7.09. The summed E-state index contributed by atoms with van der Waals surface area (Å²) < 4.78 is 9.44. The van der Waals surface area contributed by atoms with Crippen LogP contribution in [0.25, 0.3) is 0 Å². The molecule has 0 aliphatic carbocycles. The van der Waals surface area contributed by atoms with Crippen LogP contribution in [0.1, 0.15) is 38.4 Å². The molecule has 0 radical (unpaired) electrons. The fraction of sp³-hybridized carbons (Fsp3) is 0.727. The molecule has 0 bridgehead atoms. The van der Waals surface area contributed by atoms with Gasteiger partial charge in [0, 0.05) is 36.6 Å². The molecule has 1 aromatic heterocycles. The Morgan fingerprint density at radius 3 is 2.76 bits per heavy atom. The van der Waals surface area contributed by atoms with E-state index in [9.17, 15) is 4.79 Å². The number of hydrogen-bond acceptors (Lipinski definition) is 5. The van der Waals surface area contributed by atoms with E-state index in [2.05, 4.69) is 14.7 Å². The number of anilines is 1. The van der Waals surface area contributed by atoms with Crippen molar-refractivity contribution in [2.45, 2.75) is 32.6 Å². The molecule has 94 valence electrons. The molecule has 1 aromatic rings. The normalized spacial score (nSPS) is 17.4. The molecule has 1 N–H and O–H groups in total. The quantitative estimate of drug-likeness (QED) is 0.897. The number of hydrogen-bond donors (Lipinski definition) is 1. The minimum absolute atomic E-state index is 0.0414. The molecule has 0 unspecified atom stereocenters. The summed E-state index contributed by atoms with van der Waals surface area (Å²) >= 11 is 1.25. The van der Waals surface area contributed by atoms with Gasteiger partial charge in [0.25, 0.3) is 0 Å². The molecule has 1 aliphatic rings. The molecule has 1 saturated heterocycles. The average molecular weight is 255 g/mol. The highest BCUT2D eigenvalue weighted by Gasteiger charge is 2.22. The molecule has 1 fully saturated rings. The van der Waals surface area contributed by atoms with Crippen LogP contribution in [0.3, 0.4) is 0 Å². The number of rotatable bonds is 3. The number of carbonyl (C=O) groups excluding carboxylic acids is 1. The number of aromatic nitrogens is 2. The molecule has 0 saturated carbocycles. The van der Waals surface area contributed by atoms with Gasteiger partial charge in [0.2, 0.25) is 11.0 Å². The number of nitrogens with zero attached hydrogens (tertiary/aromatic N) is 2. The lowest BCUT2D eigenvalue weighted by atomic mass is 10.00. The molecule has 2 heterocycles. The lowest BCUT2D eigenvalue weighted by Crippen LogP contribution is -2.28. The first-order valence-electron chi connectivity index (χ1n) is 5.89. The van der Waals surface area contributed by atoms with E-state index < -0.39 is 0 Å². The minimum Gasteiger partial charge on any atom is -0.381 e. The Morgan fingerprint density at radius 2 is 2.18 bits per heavy atom. The van der Waals surface area contributed by atoms with Gasteiger partial charge in [-0.1, -0.05) is 13.8 Å². The van der Waals surface area contributed by atoms with Crippen molar-refractivity contribution < 1.29 is 9.53 Å². The van der Waals surface area contributed by atoms with Crippen LogP contribution in [0.4, 0.5) is 5.13 Å². The van der Waals surface area contributed by atoms with Crippen LogP contribution in [-0.4, -0.2) is 28.5 Å². The molecule has 1 aliphatic heterocycles. The lowest BCUT2D eigenvalue weighted by Gasteiger charge is -2.20. The van der Waals surface area contributed by atoms with Crippen LogP contribution in [0.2, 0.25) is 0 Å². The molecular weight excluding hydrogens is 238 g/mol. The van der Waals surface area contributed by atoms with Crippen LogP contribution in [0.15, 0.2) is 0 Å². The second kappa shape index (κ2) is 5.55. The van der Waals surface area contributed by atoms with Gasteiger partial charge in [0.05, 0.1) is 0 Å². The van der Waals surface area contributed by atoms with E-state index in [4.69, 9.17) is 4.74 Å². The second-order valence-corrected chi connectivity index (χ2v) is 5.24. The third-order valence-corrected chi connectivity index (χ3v) is 3.42. The number of nitrogens with one attached hydrogen (secondary N) is 1. The summed E-state index contributed by atoms with van der Waals surface area (Å²) in [5.41, 5.74) is 0. The fourth-order valence-electron chi connectivity index (χ4n) is 1.69. The standard InChI is InChI=1S/C11H17N3O2S/c1-7(2)9-12-11(17-14-9)13-10(15)8-3-5-16-6-4-8/h7-8H,3-6H2,1-2H3,(H,12,13,14,15). The summed E-state index contributed by atoms with van der Waals surface area (Å²) in [6.07, 6.45) is 1.59. The first-order valence-corrected chi connectivity index (χ1v) is 6.66. The Hall–Kier alpha value is -1.01. The van der Waals surface area contributed by atoms with Crippen molar-refractivity contribution in [2.24, 2.45) is 5.92 Å². The maximum atomic E-state index is 11.9. The smallest absolute Gasteiger partial charge is 0.229 e. The molecule has 6 heteroatoms. The second-order valence-electron chi connectivity index (χ2n) is 4.49. The highest BCUT2D eigenvalue weighted by Crippen LogP contribution is 2.20. The zero-order valence-electron chi connectivity index (χ0n) is 10.1. The molecule has 0 aromatic carbocycles. The van der Waals surface area contributed by atoms with E-state index in [0.717, 1.165) is 18.7 Å². The highest BCUT2D eigenvalue weighted by atomic mass is 32.1. The zero-order valence-corrected chi connectivity index (χ0v) is 10.9. The maximum Gasteiger partial charge on any atom is 0.229 e. The van der Waals surface area contributed by atoms with Gasteiger partial charge in [0.15, 0.2) is 0 Å². The number of ether oxygens (including phenoxy) is 1. The predicted molar refractivity (Wildman–Crippen MR) is 66.2 cm³/mol. The molecular formula is C11H17N3O2S. The van der Waals surface area contributed by atoms with E-state index in [1.807, 2.05) is 13.8 Å². The molecule has 0 atom stereocenters. The van der Waals surface area contributed by atoms with E-state index in [1.54, 1.807) is 0 Å². The summed E-state index contributed by atoms with van der Waals surface area (Å²) in [6.45, 7) is 5.41. The Labute approximate surface area is 105 Å². The predicted octanol–water partition coefficient (Wildman–Crippen LogP) is 2.03. The van der Waals surface area contributed by atoms with E-state index in [0.29, 0.717) is 24.3 Å². The van der Waals surface area contributed by atoms with Gasteiger partial charge in [-0.25, -0.2) is 4.98 Å². The molecule has 0 spiro atoms. The Kier molecular flexibility index (Phi) is 4.06. The van der Waals surface area contributed by atoms with Crippen LogP contribution in [-0.2, 0) is 9.53 Å². The minimum atomic E-state index is 0.0414. The summed E-state index contributed by atoms with van der Waals surface area (Å²) in [7, 11) is 0. The number of amides is 1. The van der Waals surface area contributed by atoms with Crippen LogP contribution >= 0.6 is 11.5 Å². The van der Waals surface area contributed by atoms with Crippen molar-refractivity contribution in [2.75, 3.05) is 18.5 Å². The average Bonchev–Trinajstić information content (AvgIpc) is 2.79.